The van der Waals surface area contributed by atoms with Crippen LogP contribution in [0.1, 0.15) is 79.0 Å². The van der Waals surface area contributed by atoms with Crippen LogP contribution in [0.2, 0.25) is 0 Å². The molecule has 0 saturated heterocycles. The second-order valence-electron chi connectivity index (χ2n) is 12.0. The highest BCUT2D eigenvalue weighted by atomic mass is 14.2. The molecular weight excluding hydrogens is 360 g/mol. The Morgan fingerprint density at radius 1 is 0.333 bits per heavy atom. The van der Waals surface area contributed by atoms with Gasteiger partial charge in [0.25, 0.3) is 0 Å². The molecule has 156 valence electrons. The second kappa shape index (κ2) is 6.58. The van der Waals surface area contributed by atoms with Crippen molar-refractivity contribution in [2.24, 2.45) is 0 Å². The fourth-order valence-corrected chi connectivity index (χ4v) is 4.41. The lowest BCUT2D eigenvalue weighted by atomic mass is 9.80. The van der Waals surface area contributed by atoms with E-state index in [4.69, 9.17) is 0 Å². The summed E-state index contributed by atoms with van der Waals surface area (Å²) in [6, 6.07) is 21.3. The van der Waals surface area contributed by atoms with Crippen molar-refractivity contribution < 1.29 is 0 Å². The van der Waals surface area contributed by atoms with Crippen molar-refractivity contribution in [3.63, 3.8) is 0 Å². The maximum absolute atomic E-state index is 2.44. The summed E-state index contributed by atoms with van der Waals surface area (Å²) >= 11 is 0. The number of rotatable bonds is 0. The van der Waals surface area contributed by atoms with E-state index >= 15 is 0 Å². The first-order valence-corrected chi connectivity index (χ1v) is 11.2. The van der Waals surface area contributed by atoms with Crippen LogP contribution in [-0.4, -0.2) is 0 Å². The Kier molecular flexibility index (Phi) is 4.59. The fraction of sp³-hybridized carbons (Fsp3) is 0.400. The number of hydrogen-bond donors (Lipinski definition) is 0. The van der Waals surface area contributed by atoms with E-state index in [0.29, 0.717) is 0 Å². The number of hydrogen-bond acceptors (Lipinski definition) is 0. The molecule has 0 atom stereocenters. The lowest BCUT2D eigenvalue weighted by Gasteiger charge is -2.24. The monoisotopic (exact) mass is 396 g/mol. The zero-order valence-corrected chi connectivity index (χ0v) is 20.2. The van der Waals surface area contributed by atoms with Crippen LogP contribution >= 0.6 is 0 Å². The summed E-state index contributed by atoms with van der Waals surface area (Å²) in [6.45, 7) is 20.7. The van der Waals surface area contributed by atoms with Gasteiger partial charge in [-0.25, -0.2) is 0 Å². The molecular formula is C30H36. The molecule has 0 heteroatoms. The van der Waals surface area contributed by atoms with E-state index in [9.17, 15) is 0 Å². The smallest absolute Gasteiger partial charge is 0.00959 e. The molecule has 0 fully saturated rings. The first-order valence-electron chi connectivity index (χ1n) is 11.2. The summed E-state index contributed by atoms with van der Waals surface area (Å²) < 4.78 is 0. The van der Waals surface area contributed by atoms with Crippen LogP contribution in [0.4, 0.5) is 0 Å². The Morgan fingerprint density at radius 3 is 0.833 bits per heavy atom. The lowest BCUT2D eigenvalue weighted by molar-refractivity contribution is 0.590. The van der Waals surface area contributed by atoms with E-state index in [1.54, 1.807) is 0 Å². The van der Waals surface area contributed by atoms with Gasteiger partial charge in [-0.15, -0.1) is 0 Å². The minimum Gasteiger partial charge on any atom is -0.0578 e. The van der Waals surface area contributed by atoms with E-state index in [0.717, 1.165) is 0 Å². The van der Waals surface area contributed by atoms with Crippen molar-refractivity contribution in [2.75, 3.05) is 0 Å². The summed E-state index contributed by atoms with van der Waals surface area (Å²) in [6.07, 6.45) is 0. The summed E-state index contributed by atoms with van der Waals surface area (Å²) in [7, 11) is 0. The largest absolute Gasteiger partial charge is 0.0578 e. The predicted molar refractivity (Wildman–Crippen MR) is 135 cm³/mol. The zero-order valence-electron chi connectivity index (χ0n) is 20.2. The van der Waals surface area contributed by atoms with Crippen molar-refractivity contribution in [3.8, 4) is 0 Å². The third-order valence-corrected chi connectivity index (χ3v) is 6.53. The Bertz CT molecular complexity index is 1270. The van der Waals surface area contributed by atoms with Gasteiger partial charge in [0.2, 0.25) is 0 Å². The topological polar surface area (TPSA) is 0 Å². The number of benzene rings is 4. The molecule has 30 heavy (non-hydrogen) atoms. The van der Waals surface area contributed by atoms with Crippen LogP contribution in [0.15, 0.2) is 54.6 Å². The van der Waals surface area contributed by atoms with Gasteiger partial charge in [0.15, 0.2) is 0 Å². The van der Waals surface area contributed by atoms with Crippen LogP contribution in [0.3, 0.4) is 0 Å². The van der Waals surface area contributed by atoms with Gasteiger partial charge in [0, 0.05) is 0 Å². The third-order valence-electron chi connectivity index (χ3n) is 6.53. The molecule has 0 aliphatic heterocycles. The molecule has 0 radical (unpaired) electrons. The summed E-state index contributed by atoms with van der Waals surface area (Å²) in [5.74, 6) is 0. The predicted octanol–water partition coefficient (Wildman–Crippen LogP) is 9.04. The van der Waals surface area contributed by atoms with Crippen LogP contribution < -0.4 is 0 Å². The molecule has 4 rings (SSSR count). The molecule has 0 N–H and O–H groups in total. The highest BCUT2D eigenvalue weighted by Gasteiger charge is 2.20. The maximum Gasteiger partial charge on any atom is -0.00959 e. The molecule has 4 aromatic rings. The molecule has 0 nitrogen and oxygen atoms in total. The van der Waals surface area contributed by atoms with E-state index in [2.05, 4.69) is 117 Å². The fourth-order valence-electron chi connectivity index (χ4n) is 4.41. The van der Waals surface area contributed by atoms with Crippen LogP contribution in [-0.2, 0) is 16.2 Å². The van der Waals surface area contributed by atoms with Crippen LogP contribution in [0, 0.1) is 0 Å². The first kappa shape index (κ1) is 20.9. The molecule has 0 amide bonds. The molecule has 0 heterocycles. The Hall–Kier alpha value is -2.34. The van der Waals surface area contributed by atoms with Crippen molar-refractivity contribution in [1.82, 2.24) is 0 Å². The van der Waals surface area contributed by atoms with E-state index in [1.165, 1.54) is 49.0 Å². The molecule has 0 aliphatic rings. The summed E-state index contributed by atoms with van der Waals surface area (Å²) in [4.78, 5) is 0. The van der Waals surface area contributed by atoms with Gasteiger partial charge < -0.3 is 0 Å². The van der Waals surface area contributed by atoms with Gasteiger partial charge in [-0.05, 0) is 83.5 Å². The quantitative estimate of drug-likeness (QED) is 0.260. The maximum atomic E-state index is 2.44. The van der Waals surface area contributed by atoms with Gasteiger partial charge in [-0.1, -0.05) is 98.7 Å². The Morgan fingerprint density at radius 2 is 0.567 bits per heavy atom. The SMILES string of the molecule is CC(C)(C)c1ccc2c3ccc(C(C)(C)C)cc3c3cc(C(C)(C)C)ccc3c2c1. The highest BCUT2D eigenvalue weighted by Crippen LogP contribution is 2.40. The van der Waals surface area contributed by atoms with Crippen LogP contribution in [0.25, 0.3) is 32.3 Å². The summed E-state index contributed by atoms with van der Waals surface area (Å²) in [5.41, 5.74) is 4.57. The minimum absolute atomic E-state index is 0.129. The summed E-state index contributed by atoms with van der Waals surface area (Å²) in [5, 5.41) is 8.20. The van der Waals surface area contributed by atoms with Gasteiger partial charge in [0.05, 0.1) is 0 Å². The standard InChI is InChI=1S/C30H36/c1-28(2,3)19-10-13-22-23-14-11-20(29(4,5)6)17-26(23)27-18-21(30(7,8)9)12-15-24(27)25(22)16-19/h10-18H,1-9H3. The Labute approximate surface area is 182 Å². The molecule has 0 unspecified atom stereocenters. The van der Waals surface area contributed by atoms with E-state index in [1.807, 2.05) is 0 Å². The van der Waals surface area contributed by atoms with Gasteiger partial charge in [-0.3, -0.25) is 0 Å². The number of fused-ring (bicyclic) bond motifs is 6. The minimum atomic E-state index is 0.129. The highest BCUT2D eigenvalue weighted by molar-refractivity contribution is 6.25. The normalized spacial score (nSPS) is 13.5. The molecule has 4 aromatic carbocycles. The van der Waals surface area contributed by atoms with Crippen molar-refractivity contribution in [3.05, 3.63) is 71.3 Å². The molecule has 0 aromatic heterocycles. The van der Waals surface area contributed by atoms with Crippen LogP contribution in [0.5, 0.6) is 0 Å². The molecule has 0 aliphatic carbocycles. The van der Waals surface area contributed by atoms with Gasteiger partial charge in [-0.2, -0.15) is 0 Å². The third kappa shape index (κ3) is 3.51. The molecule has 0 bridgehead atoms. The van der Waals surface area contributed by atoms with Crippen molar-refractivity contribution in [2.45, 2.75) is 78.6 Å². The van der Waals surface area contributed by atoms with E-state index in [-0.39, 0.29) is 16.2 Å². The molecule has 0 spiro atoms. The Balaban J connectivity index is 2.21. The lowest BCUT2D eigenvalue weighted by Crippen LogP contribution is -2.12. The van der Waals surface area contributed by atoms with Gasteiger partial charge >= 0.3 is 0 Å². The average Bonchev–Trinajstić information content (AvgIpc) is 2.64. The first-order chi connectivity index (χ1) is 13.8. The van der Waals surface area contributed by atoms with Gasteiger partial charge in [0.1, 0.15) is 0 Å². The zero-order chi connectivity index (χ0) is 22.1. The van der Waals surface area contributed by atoms with Crippen molar-refractivity contribution in [1.29, 1.82) is 0 Å². The molecule has 0 saturated carbocycles. The van der Waals surface area contributed by atoms with E-state index < -0.39 is 0 Å². The van der Waals surface area contributed by atoms with Crippen molar-refractivity contribution >= 4 is 32.3 Å². The average molecular weight is 397 g/mol. The second-order valence-corrected chi connectivity index (χ2v) is 12.0.